The number of aliphatic imine (C=N–C) groups is 1. The van der Waals surface area contributed by atoms with Crippen molar-refractivity contribution in [3.8, 4) is 0 Å². The summed E-state index contributed by atoms with van der Waals surface area (Å²) < 4.78 is 2.35. The molecule has 148 valence electrons. The molecule has 1 aliphatic rings. The summed E-state index contributed by atoms with van der Waals surface area (Å²) in [5.74, 6) is 3.24. The number of hydrogen-bond acceptors (Lipinski definition) is 3. The number of hydrogen-bond donors (Lipinski definition) is 2. The molecule has 1 aromatic rings. The van der Waals surface area contributed by atoms with E-state index in [0.29, 0.717) is 6.04 Å². The smallest absolute Gasteiger partial charge is 0.191 e. The van der Waals surface area contributed by atoms with Gasteiger partial charge in [0.25, 0.3) is 0 Å². The van der Waals surface area contributed by atoms with E-state index in [1.807, 2.05) is 7.05 Å². The third kappa shape index (κ3) is 6.96. The van der Waals surface area contributed by atoms with Crippen LogP contribution in [0, 0.1) is 0 Å². The van der Waals surface area contributed by atoms with Gasteiger partial charge in [-0.1, -0.05) is 39.0 Å². The van der Waals surface area contributed by atoms with Crippen molar-refractivity contribution in [1.29, 1.82) is 0 Å². The monoisotopic (exact) mass is 362 g/mol. The van der Waals surface area contributed by atoms with Gasteiger partial charge in [0, 0.05) is 39.0 Å². The molecule has 1 unspecified atom stereocenters. The predicted octanol–water partition coefficient (Wildman–Crippen LogP) is 3.46. The van der Waals surface area contributed by atoms with Crippen LogP contribution in [0.25, 0.3) is 0 Å². The third-order valence-electron chi connectivity index (χ3n) is 5.15. The molecule has 1 atom stereocenters. The average Bonchev–Trinajstić information content (AvgIpc) is 2.87. The molecule has 0 radical (unpaired) electrons. The zero-order chi connectivity index (χ0) is 18.6. The van der Waals surface area contributed by atoms with Crippen LogP contribution >= 0.6 is 0 Å². The highest BCUT2D eigenvalue weighted by molar-refractivity contribution is 5.79. The van der Waals surface area contributed by atoms with E-state index >= 15 is 0 Å². The first kappa shape index (κ1) is 20.7. The number of nitrogens with zero attached hydrogens (tertiary/aromatic N) is 4. The SMILES string of the molecule is CCCCCCC(C)NC(=NC)NCCCc1nnc2n1CCCCC2. The van der Waals surface area contributed by atoms with Crippen LogP contribution in [0.5, 0.6) is 0 Å². The second-order valence-corrected chi connectivity index (χ2v) is 7.49. The Labute approximate surface area is 159 Å². The minimum atomic E-state index is 0.463. The van der Waals surface area contributed by atoms with Crippen molar-refractivity contribution in [2.45, 2.75) is 97.1 Å². The Balaban J connectivity index is 1.65. The van der Waals surface area contributed by atoms with Gasteiger partial charge in [0.05, 0.1) is 0 Å². The molecule has 2 heterocycles. The minimum absolute atomic E-state index is 0.463. The Hall–Kier alpha value is -1.59. The maximum absolute atomic E-state index is 4.41. The number of fused-ring (bicyclic) bond motifs is 1. The highest BCUT2D eigenvalue weighted by Crippen LogP contribution is 2.15. The Morgan fingerprint density at radius 1 is 1.15 bits per heavy atom. The highest BCUT2D eigenvalue weighted by Gasteiger charge is 2.14. The number of rotatable bonds is 10. The first-order valence-electron chi connectivity index (χ1n) is 10.6. The lowest BCUT2D eigenvalue weighted by Gasteiger charge is -2.18. The van der Waals surface area contributed by atoms with Crippen molar-refractivity contribution < 1.29 is 0 Å². The lowest BCUT2D eigenvalue weighted by atomic mass is 10.1. The number of guanidine groups is 1. The molecule has 1 aliphatic heterocycles. The molecule has 2 N–H and O–H groups in total. The zero-order valence-corrected chi connectivity index (χ0v) is 17.1. The summed E-state index contributed by atoms with van der Waals surface area (Å²) in [6.07, 6.45) is 13.4. The van der Waals surface area contributed by atoms with Crippen LogP contribution in [-0.2, 0) is 19.4 Å². The molecule has 6 nitrogen and oxygen atoms in total. The quantitative estimate of drug-likeness (QED) is 0.380. The molecule has 2 rings (SSSR count). The number of nitrogens with one attached hydrogen (secondary N) is 2. The van der Waals surface area contributed by atoms with Crippen LogP contribution < -0.4 is 10.6 Å². The summed E-state index contributed by atoms with van der Waals surface area (Å²) in [7, 11) is 1.84. The van der Waals surface area contributed by atoms with Crippen LogP contribution in [-0.4, -0.2) is 40.4 Å². The standard InChI is InChI=1S/C20H38N6/c1-4-5-6-8-12-17(2)23-20(21-3)22-15-11-14-19-25-24-18-13-9-7-10-16-26(18)19/h17H,4-16H2,1-3H3,(H2,21,22,23). The molecular formula is C20H38N6. The van der Waals surface area contributed by atoms with Gasteiger partial charge in [-0.3, -0.25) is 4.99 Å². The molecule has 6 heteroatoms. The van der Waals surface area contributed by atoms with Gasteiger partial charge in [-0.2, -0.15) is 0 Å². The molecule has 1 aromatic heterocycles. The Bertz CT molecular complexity index is 536. The fourth-order valence-corrected chi connectivity index (χ4v) is 3.56. The maximum atomic E-state index is 4.41. The van der Waals surface area contributed by atoms with Gasteiger partial charge in [0.2, 0.25) is 0 Å². The molecule has 0 fully saturated rings. The fourth-order valence-electron chi connectivity index (χ4n) is 3.56. The maximum Gasteiger partial charge on any atom is 0.191 e. The molecule has 0 aromatic carbocycles. The Morgan fingerprint density at radius 3 is 2.85 bits per heavy atom. The van der Waals surface area contributed by atoms with Crippen LogP contribution in [0.15, 0.2) is 4.99 Å². The third-order valence-corrected chi connectivity index (χ3v) is 5.15. The van der Waals surface area contributed by atoms with Crippen molar-refractivity contribution in [2.75, 3.05) is 13.6 Å². The molecule has 0 saturated heterocycles. The molecule has 0 amide bonds. The van der Waals surface area contributed by atoms with Crippen LogP contribution in [0.2, 0.25) is 0 Å². The summed E-state index contributed by atoms with van der Waals surface area (Å²) in [6, 6.07) is 0.463. The predicted molar refractivity (Wildman–Crippen MR) is 109 cm³/mol. The van der Waals surface area contributed by atoms with Crippen molar-refractivity contribution in [3.63, 3.8) is 0 Å². The number of aromatic nitrogens is 3. The summed E-state index contributed by atoms with van der Waals surface area (Å²) in [5.41, 5.74) is 0. The molecule has 0 spiro atoms. The summed E-state index contributed by atoms with van der Waals surface area (Å²) >= 11 is 0. The van der Waals surface area contributed by atoms with Gasteiger partial charge in [-0.25, -0.2) is 0 Å². The van der Waals surface area contributed by atoms with Crippen LogP contribution in [0.3, 0.4) is 0 Å². The van der Waals surface area contributed by atoms with Crippen molar-refractivity contribution >= 4 is 5.96 Å². The molecule has 0 bridgehead atoms. The van der Waals surface area contributed by atoms with Crippen molar-refractivity contribution in [1.82, 2.24) is 25.4 Å². The lowest BCUT2D eigenvalue weighted by Crippen LogP contribution is -2.42. The second kappa shape index (κ2) is 11.9. The van der Waals surface area contributed by atoms with Gasteiger partial charge in [-0.15, -0.1) is 10.2 Å². The second-order valence-electron chi connectivity index (χ2n) is 7.49. The van der Waals surface area contributed by atoms with E-state index in [0.717, 1.165) is 44.1 Å². The van der Waals surface area contributed by atoms with Gasteiger partial charge < -0.3 is 15.2 Å². The molecule has 26 heavy (non-hydrogen) atoms. The first-order valence-corrected chi connectivity index (χ1v) is 10.6. The highest BCUT2D eigenvalue weighted by atomic mass is 15.3. The van der Waals surface area contributed by atoms with Gasteiger partial charge >= 0.3 is 0 Å². The number of unbranched alkanes of at least 4 members (excludes halogenated alkanes) is 3. The first-order chi connectivity index (χ1) is 12.7. The van der Waals surface area contributed by atoms with Crippen molar-refractivity contribution in [3.05, 3.63) is 11.6 Å². The van der Waals surface area contributed by atoms with E-state index in [1.165, 1.54) is 57.2 Å². The van der Waals surface area contributed by atoms with E-state index in [2.05, 4.69) is 44.2 Å². The Morgan fingerprint density at radius 2 is 2.04 bits per heavy atom. The molecule has 0 saturated carbocycles. The lowest BCUT2D eigenvalue weighted by molar-refractivity contribution is 0.535. The van der Waals surface area contributed by atoms with Gasteiger partial charge in [0.1, 0.15) is 11.6 Å². The summed E-state index contributed by atoms with van der Waals surface area (Å²) in [5, 5.41) is 15.7. The zero-order valence-electron chi connectivity index (χ0n) is 17.1. The minimum Gasteiger partial charge on any atom is -0.356 e. The summed E-state index contributed by atoms with van der Waals surface area (Å²) in [4.78, 5) is 4.35. The molecule has 0 aliphatic carbocycles. The van der Waals surface area contributed by atoms with E-state index in [1.54, 1.807) is 0 Å². The van der Waals surface area contributed by atoms with E-state index in [4.69, 9.17) is 0 Å². The van der Waals surface area contributed by atoms with Crippen molar-refractivity contribution in [2.24, 2.45) is 4.99 Å². The van der Waals surface area contributed by atoms with E-state index in [9.17, 15) is 0 Å². The topological polar surface area (TPSA) is 67.1 Å². The summed E-state index contributed by atoms with van der Waals surface area (Å²) in [6.45, 7) is 6.49. The number of aryl methyl sites for hydroxylation is 2. The Kier molecular flexibility index (Phi) is 9.50. The average molecular weight is 363 g/mol. The largest absolute Gasteiger partial charge is 0.356 e. The van der Waals surface area contributed by atoms with Gasteiger partial charge in [0.15, 0.2) is 5.96 Å². The van der Waals surface area contributed by atoms with Crippen LogP contribution in [0.4, 0.5) is 0 Å². The fraction of sp³-hybridized carbons (Fsp3) is 0.850. The normalized spacial score (nSPS) is 16.0. The molecular weight excluding hydrogens is 324 g/mol. The van der Waals surface area contributed by atoms with E-state index < -0.39 is 0 Å². The van der Waals surface area contributed by atoms with Gasteiger partial charge in [-0.05, 0) is 32.6 Å². The van der Waals surface area contributed by atoms with E-state index in [-0.39, 0.29) is 0 Å². The van der Waals surface area contributed by atoms with Crippen LogP contribution in [0.1, 0.15) is 83.3 Å².